The van der Waals surface area contributed by atoms with Crippen molar-refractivity contribution < 1.29 is 8.42 Å². The van der Waals surface area contributed by atoms with E-state index in [2.05, 4.69) is 18.7 Å². The van der Waals surface area contributed by atoms with E-state index in [9.17, 15) is 8.42 Å². The van der Waals surface area contributed by atoms with Crippen molar-refractivity contribution in [2.75, 3.05) is 31.1 Å². The van der Waals surface area contributed by atoms with Crippen LogP contribution in [0.15, 0.2) is 53.4 Å². The van der Waals surface area contributed by atoms with Gasteiger partial charge in [-0.05, 0) is 47.9 Å². The first kappa shape index (κ1) is 18.2. The molecule has 1 aliphatic heterocycles. The van der Waals surface area contributed by atoms with Gasteiger partial charge in [-0.15, -0.1) is 0 Å². The van der Waals surface area contributed by atoms with Crippen LogP contribution in [0.3, 0.4) is 0 Å². The van der Waals surface area contributed by atoms with Gasteiger partial charge in [-0.3, -0.25) is 0 Å². The fraction of sp³-hybridized carbons (Fsp3) is 0.368. The van der Waals surface area contributed by atoms with E-state index in [1.54, 1.807) is 16.4 Å². The van der Waals surface area contributed by atoms with Crippen LogP contribution in [-0.2, 0) is 10.0 Å². The van der Waals surface area contributed by atoms with E-state index in [1.165, 1.54) is 0 Å². The van der Waals surface area contributed by atoms with Crippen molar-refractivity contribution in [1.82, 2.24) is 4.31 Å². The van der Waals surface area contributed by atoms with Crippen LogP contribution in [0.2, 0.25) is 5.02 Å². The molecule has 0 unspecified atom stereocenters. The first-order valence-electron chi connectivity index (χ1n) is 8.48. The number of nitrogens with zero attached hydrogens (tertiary/aromatic N) is 2. The first-order chi connectivity index (χ1) is 11.9. The van der Waals surface area contributed by atoms with Gasteiger partial charge < -0.3 is 4.90 Å². The highest BCUT2D eigenvalue weighted by Crippen LogP contribution is 2.24. The summed E-state index contributed by atoms with van der Waals surface area (Å²) in [5, 5.41) is 0.704. The van der Waals surface area contributed by atoms with E-state index in [-0.39, 0.29) is 0 Å². The largest absolute Gasteiger partial charge is 0.369 e. The normalized spacial score (nSPS) is 16.4. The Balaban J connectivity index is 1.69. The minimum Gasteiger partial charge on any atom is -0.369 e. The Labute approximate surface area is 155 Å². The van der Waals surface area contributed by atoms with Gasteiger partial charge in [0, 0.05) is 36.9 Å². The zero-order valence-electron chi connectivity index (χ0n) is 14.5. The minimum atomic E-state index is -3.43. The SMILES string of the molecule is CC(C)c1ccc(S(=O)(=O)N2CCN(c3ccc(Cl)cc3)CC2)cc1. The summed E-state index contributed by atoms with van der Waals surface area (Å²) >= 11 is 5.93. The number of benzene rings is 2. The number of piperazine rings is 1. The topological polar surface area (TPSA) is 40.6 Å². The third-order valence-corrected chi connectivity index (χ3v) is 6.78. The van der Waals surface area contributed by atoms with Crippen LogP contribution < -0.4 is 4.90 Å². The van der Waals surface area contributed by atoms with E-state index < -0.39 is 10.0 Å². The van der Waals surface area contributed by atoms with E-state index in [1.807, 2.05) is 36.4 Å². The molecule has 25 heavy (non-hydrogen) atoms. The minimum absolute atomic E-state index is 0.372. The molecule has 1 aliphatic rings. The number of rotatable bonds is 4. The average molecular weight is 379 g/mol. The number of sulfonamides is 1. The molecule has 1 heterocycles. The predicted octanol–water partition coefficient (Wildman–Crippen LogP) is 3.97. The number of hydrogen-bond donors (Lipinski definition) is 0. The highest BCUT2D eigenvalue weighted by molar-refractivity contribution is 7.89. The van der Waals surface area contributed by atoms with Crippen LogP contribution >= 0.6 is 11.6 Å². The lowest BCUT2D eigenvalue weighted by Crippen LogP contribution is -2.48. The Morgan fingerprint density at radius 3 is 1.96 bits per heavy atom. The molecule has 0 aromatic heterocycles. The molecular weight excluding hydrogens is 356 g/mol. The van der Waals surface area contributed by atoms with Crippen LogP contribution in [-0.4, -0.2) is 38.9 Å². The standard InChI is InChI=1S/C19H23ClN2O2S/c1-15(2)16-3-9-19(10-4-16)25(23,24)22-13-11-21(12-14-22)18-7-5-17(20)6-8-18/h3-10,15H,11-14H2,1-2H3. The number of anilines is 1. The van der Waals surface area contributed by atoms with Crippen molar-refractivity contribution >= 4 is 27.3 Å². The lowest BCUT2D eigenvalue weighted by Gasteiger charge is -2.35. The molecule has 0 spiro atoms. The number of hydrogen-bond acceptors (Lipinski definition) is 3. The first-order valence-corrected chi connectivity index (χ1v) is 10.3. The molecule has 6 heteroatoms. The Hall–Kier alpha value is -1.56. The monoisotopic (exact) mass is 378 g/mol. The van der Waals surface area contributed by atoms with E-state index in [0.717, 1.165) is 11.3 Å². The summed E-state index contributed by atoms with van der Waals surface area (Å²) < 4.78 is 27.3. The predicted molar refractivity (Wildman–Crippen MR) is 103 cm³/mol. The van der Waals surface area contributed by atoms with Gasteiger partial charge in [-0.2, -0.15) is 4.31 Å². The van der Waals surface area contributed by atoms with Gasteiger partial charge in [0.15, 0.2) is 0 Å². The van der Waals surface area contributed by atoms with Gasteiger partial charge in [0.2, 0.25) is 10.0 Å². The van der Waals surface area contributed by atoms with Crippen molar-refractivity contribution in [3.8, 4) is 0 Å². The van der Waals surface area contributed by atoms with Crippen LogP contribution in [0.5, 0.6) is 0 Å². The number of halogens is 1. The van der Waals surface area contributed by atoms with Crippen LogP contribution in [0, 0.1) is 0 Å². The zero-order chi connectivity index (χ0) is 18.0. The lowest BCUT2D eigenvalue weighted by atomic mass is 10.0. The van der Waals surface area contributed by atoms with Gasteiger partial charge in [0.25, 0.3) is 0 Å². The Morgan fingerprint density at radius 1 is 0.880 bits per heavy atom. The summed E-state index contributed by atoms with van der Waals surface area (Å²) in [5.41, 5.74) is 2.22. The maximum Gasteiger partial charge on any atom is 0.243 e. The molecular formula is C19H23ClN2O2S. The van der Waals surface area contributed by atoms with Crippen molar-refractivity contribution in [3.63, 3.8) is 0 Å². The molecule has 2 aromatic carbocycles. The second-order valence-corrected chi connectivity index (χ2v) is 8.97. The van der Waals surface area contributed by atoms with Crippen molar-refractivity contribution in [2.24, 2.45) is 0 Å². The molecule has 0 saturated carbocycles. The van der Waals surface area contributed by atoms with Crippen LogP contribution in [0.4, 0.5) is 5.69 Å². The summed E-state index contributed by atoms with van der Waals surface area (Å²) in [5.74, 6) is 0.389. The second-order valence-electron chi connectivity index (χ2n) is 6.59. The maximum atomic E-state index is 12.8. The molecule has 0 radical (unpaired) electrons. The molecule has 134 valence electrons. The van der Waals surface area contributed by atoms with E-state index in [0.29, 0.717) is 42.0 Å². The van der Waals surface area contributed by atoms with Crippen molar-refractivity contribution in [2.45, 2.75) is 24.7 Å². The molecule has 0 aliphatic carbocycles. The van der Waals surface area contributed by atoms with Crippen LogP contribution in [0.1, 0.15) is 25.3 Å². The summed E-state index contributed by atoms with van der Waals surface area (Å²) in [4.78, 5) is 2.56. The molecule has 0 N–H and O–H groups in total. The quantitative estimate of drug-likeness (QED) is 0.808. The fourth-order valence-corrected chi connectivity index (χ4v) is 4.56. The lowest BCUT2D eigenvalue weighted by molar-refractivity contribution is 0.385. The smallest absolute Gasteiger partial charge is 0.243 e. The molecule has 0 bridgehead atoms. The van der Waals surface area contributed by atoms with E-state index in [4.69, 9.17) is 11.6 Å². The van der Waals surface area contributed by atoms with Gasteiger partial charge in [0.1, 0.15) is 0 Å². The summed E-state index contributed by atoms with van der Waals surface area (Å²) in [6, 6.07) is 14.9. The Kier molecular flexibility index (Phi) is 5.37. The van der Waals surface area contributed by atoms with E-state index >= 15 is 0 Å². The van der Waals surface area contributed by atoms with Crippen molar-refractivity contribution in [1.29, 1.82) is 0 Å². The molecule has 4 nitrogen and oxygen atoms in total. The zero-order valence-corrected chi connectivity index (χ0v) is 16.1. The molecule has 3 rings (SSSR count). The molecule has 0 atom stereocenters. The maximum absolute atomic E-state index is 12.8. The van der Waals surface area contributed by atoms with Gasteiger partial charge in [-0.1, -0.05) is 37.6 Å². The molecule has 0 amide bonds. The third-order valence-electron chi connectivity index (χ3n) is 4.61. The fourth-order valence-electron chi connectivity index (χ4n) is 3.01. The summed E-state index contributed by atoms with van der Waals surface area (Å²) in [7, 11) is -3.43. The highest BCUT2D eigenvalue weighted by Gasteiger charge is 2.28. The highest BCUT2D eigenvalue weighted by atomic mass is 35.5. The van der Waals surface area contributed by atoms with Crippen molar-refractivity contribution in [3.05, 3.63) is 59.1 Å². The average Bonchev–Trinajstić information content (AvgIpc) is 2.62. The molecule has 2 aromatic rings. The van der Waals surface area contributed by atoms with Gasteiger partial charge >= 0.3 is 0 Å². The summed E-state index contributed by atoms with van der Waals surface area (Å²) in [6.07, 6.45) is 0. The van der Waals surface area contributed by atoms with Gasteiger partial charge in [0.05, 0.1) is 4.90 Å². The Bertz CT molecular complexity index is 810. The van der Waals surface area contributed by atoms with Crippen LogP contribution in [0.25, 0.3) is 0 Å². The third kappa shape index (κ3) is 4.00. The Morgan fingerprint density at radius 2 is 1.44 bits per heavy atom. The second kappa shape index (κ2) is 7.36. The molecule has 1 fully saturated rings. The molecule has 1 saturated heterocycles. The van der Waals surface area contributed by atoms with Gasteiger partial charge in [-0.25, -0.2) is 8.42 Å². The summed E-state index contributed by atoms with van der Waals surface area (Å²) in [6.45, 7) is 6.50.